The van der Waals surface area contributed by atoms with Crippen LogP contribution in [0.3, 0.4) is 0 Å². The number of benzene rings is 1. The molecule has 1 aromatic carbocycles. The van der Waals surface area contributed by atoms with Gasteiger partial charge in [-0.05, 0) is 58.4 Å². The van der Waals surface area contributed by atoms with Crippen molar-refractivity contribution in [2.24, 2.45) is 0 Å². The third-order valence-electron chi connectivity index (χ3n) is 3.26. The van der Waals surface area contributed by atoms with Crippen molar-refractivity contribution in [3.8, 4) is 0 Å². The van der Waals surface area contributed by atoms with Crippen molar-refractivity contribution < 1.29 is 0 Å². The van der Waals surface area contributed by atoms with E-state index in [-0.39, 0.29) is 5.54 Å². The molecule has 1 heterocycles. The molecule has 0 aliphatic carbocycles. The molecule has 0 unspecified atom stereocenters. The van der Waals surface area contributed by atoms with E-state index in [9.17, 15) is 0 Å². The molecule has 2 aromatic rings. The van der Waals surface area contributed by atoms with E-state index in [4.69, 9.17) is 0 Å². The molecule has 0 aliphatic heterocycles. The van der Waals surface area contributed by atoms with E-state index in [1.165, 1.54) is 16.5 Å². The van der Waals surface area contributed by atoms with E-state index in [1.807, 2.05) is 0 Å². The second-order valence-corrected chi connectivity index (χ2v) is 6.05. The highest BCUT2D eigenvalue weighted by molar-refractivity contribution is 5.83. The van der Waals surface area contributed by atoms with Gasteiger partial charge in [0.05, 0.1) is 0 Å². The number of nitrogens with one attached hydrogen (secondary N) is 1. The topological polar surface area (TPSA) is 17.0 Å². The van der Waals surface area contributed by atoms with Crippen molar-refractivity contribution in [3.63, 3.8) is 0 Å². The maximum absolute atomic E-state index is 3.53. The monoisotopic (exact) mass is 244 g/mol. The maximum Gasteiger partial charge on any atom is 0.0482 e. The Labute approximate surface area is 110 Å². The molecule has 2 heteroatoms. The minimum absolute atomic E-state index is 0.218. The predicted octanol–water partition coefficient (Wildman–Crippen LogP) is 3.73. The summed E-state index contributed by atoms with van der Waals surface area (Å²) in [7, 11) is 0. The van der Waals surface area contributed by atoms with Crippen LogP contribution in [0.15, 0.2) is 30.5 Å². The third kappa shape index (κ3) is 3.14. The Morgan fingerprint density at radius 1 is 1.17 bits per heavy atom. The first-order chi connectivity index (χ1) is 8.47. The van der Waals surface area contributed by atoms with Crippen LogP contribution in [-0.2, 0) is 6.54 Å². The maximum atomic E-state index is 3.53. The summed E-state index contributed by atoms with van der Waals surface area (Å²) in [5, 5.41) is 4.91. The van der Waals surface area contributed by atoms with Crippen LogP contribution < -0.4 is 5.32 Å². The Morgan fingerprint density at radius 3 is 2.67 bits per heavy atom. The first-order valence-electron chi connectivity index (χ1n) is 6.77. The standard InChI is InChI=1S/C16H24N2/c1-13-7-5-8-15-14(13)9-12-18(15)11-6-10-17-16(2,3)4/h5,7-9,12,17H,6,10-11H2,1-4H3. The molecule has 2 rings (SSSR count). The Balaban J connectivity index is 1.98. The van der Waals surface area contributed by atoms with Gasteiger partial charge in [-0.15, -0.1) is 0 Å². The minimum Gasteiger partial charge on any atom is -0.347 e. The quantitative estimate of drug-likeness (QED) is 0.811. The summed E-state index contributed by atoms with van der Waals surface area (Å²) < 4.78 is 2.35. The van der Waals surface area contributed by atoms with E-state index < -0.39 is 0 Å². The largest absolute Gasteiger partial charge is 0.347 e. The van der Waals surface area contributed by atoms with E-state index in [1.54, 1.807) is 0 Å². The SMILES string of the molecule is Cc1cccc2c1ccn2CCCNC(C)(C)C. The van der Waals surface area contributed by atoms with Crippen LogP contribution in [0.4, 0.5) is 0 Å². The zero-order valence-corrected chi connectivity index (χ0v) is 12.0. The molecule has 2 nitrogen and oxygen atoms in total. The van der Waals surface area contributed by atoms with Crippen LogP contribution in [0.5, 0.6) is 0 Å². The average Bonchev–Trinajstić information content (AvgIpc) is 2.68. The molecule has 0 saturated heterocycles. The van der Waals surface area contributed by atoms with Gasteiger partial charge in [-0.2, -0.15) is 0 Å². The summed E-state index contributed by atoms with van der Waals surface area (Å²) >= 11 is 0. The van der Waals surface area contributed by atoms with Crippen LogP contribution in [0.25, 0.3) is 10.9 Å². The highest BCUT2D eigenvalue weighted by Gasteiger charge is 2.07. The summed E-state index contributed by atoms with van der Waals surface area (Å²) in [5.41, 5.74) is 2.93. The first kappa shape index (κ1) is 13.2. The fraction of sp³-hybridized carbons (Fsp3) is 0.500. The molecule has 0 aliphatic rings. The highest BCUT2D eigenvalue weighted by Crippen LogP contribution is 2.19. The fourth-order valence-corrected chi connectivity index (χ4v) is 2.29. The van der Waals surface area contributed by atoms with Crippen LogP contribution in [-0.4, -0.2) is 16.7 Å². The lowest BCUT2D eigenvalue weighted by Gasteiger charge is -2.20. The molecule has 18 heavy (non-hydrogen) atoms. The van der Waals surface area contributed by atoms with Gasteiger partial charge in [0, 0.05) is 29.2 Å². The lowest BCUT2D eigenvalue weighted by molar-refractivity contribution is 0.414. The Bertz CT molecular complexity index is 517. The zero-order valence-electron chi connectivity index (χ0n) is 12.0. The van der Waals surface area contributed by atoms with E-state index in [0.29, 0.717) is 0 Å². The number of aryl methyl sites for hydroxylation is 2. The Hall–Kier alpha value is -1.28. The van der Waals surface area contributed by atoms with Gasteiger partial charge in [0.1, 0.15) is 0 Å². The summed E-state index contributed by atoms with van der Waals surface area (Å²) in [5.74, 6) is 0. The van der Waals surface area contributed by atoms with Crippen molar-refractivity contribution >= 4 is 10.9 Å². The average molecular weight is 244 g/mol. The summed E-state index contributed by atoms with van der Waals surface area (Å²) in [6, 6.07) is 8.75. The lowest BCUT2D eigenvalue weighted by atomic mass is 10.1. The minimum atomic E-state index is 0.218. The molecule has 0 amide bonds. The first-order valence-corrected chi connectivity index (χ1v) is 6.77. The van der Waals surface area contributed by atoms with Gasteiger partial charge in [-0.25, -0.2) is 0 Å². The van der Waals surface area contributed by atoms with Crippen LogP contribution in [0.2, 0.25) is 0 Å². The number of nitrogens with zero attached hydrogens (tertiary/aromatic N) is 1. The van der Waals surface area contributed by atoms with Crippen molar-refractivity contribution in [1.82, 2.24) is 9.88 Å². The molecular weight excluding hydrogens is 220 g/mol. The van der Waals surface area contributed by atoms with Crippen LogP contribution in [0, 0.1) is 6.92 Å². The Kier molecular flexibility index (Phi) is 3.76. The van der Waals surface area contributed by atoms with Crippen molar-refractivity contribution in [1.29, 1.82) is 0 Å². The van der Waals surface area contributed by atoms with Gasteiger partial charge < -0.3 is 9.88 Å². The molecule has 0 atom stereocenters. The smallest absolute Gasteiger partial charge is 0.0482 e. The predicted molar refractivity (Wildman–Crippen MR) is 79.0 cm³/mol. The van der Waals surface area contributed by atoms with Crippen molar-refractivity contribution in [2.75, 3.05) is 6.54 Å². The number of rotatable bonds is 4. The molecule has 98 valence electrons. The van der Waals surface area contributed by atoms with Gasteiger partial charge in [0.25, 0.3) is 0 Å². The summed E-state index contributed by atoms with van der Waals surface area (Å²) in [4.78, 5) is 0. The van der Waals surface area contributed by atoms with E-state index in [2.05, 4.69) is 68.0 Å². The van der Waals surface area contributed by atoms with Crippen LogP contribution in [0.1, 0.15) is 32.8 Å². The molecule has 1 aromatic heterocycles. The van der Waals surface area contributed by atoms with E-state index >= 15 is 0 Å². The fourth-order valence-electron chi connectivity index (χ4n) is 2.29. The van der Waals surface area contributed by atoms with Gasteiger partial charge in [0.2, 0.25) is 0 Å². The number of fused-ring (bicyclic) bond motifs is 1. The molecular formula is C16H24N2. The van der Waals surface area contributed by atoms with Gasteiger partial charge >= 0.3 is 0 Å². The molecule has 0 bridgehead atoms. The second kappa shape index (κ2) is 5.15. The zero-order chi connectivity index (χ0) is 13.2. The van der Waals surface area contributed by atoms with Crippen molar-refractivity contribution in [2.45, 2.75) is 46.2 Å². The third-order valence-corrected chi connectivity index (χ3v) is 3.26. The van der Waals surface area contributed by atoms with Crippen LogP contribution >= 0.6 is 0 Å². The molecule has 0 saturated carbocycles. The number of aromatic nitrogens is 1. The lowest BCUT2D eigenvalue weighted by Crippen LogP contribution is -2.36. The molecule has 0 spiro atoms. The van der Waals surface area contributed by atoms with E-state index in [0.717, 1.165) is 19.5 Å². The summed E-state index contributed by atoms with van der Waals surface area (Å²) in [6.07, 6.45) is 3.36. The number of hydrogen-bond donors (Lipinski definition) is 1. The molecule has 0 fully saturated rings. The van der Waals surface area contributed by atoms with Gasteiger partial charge in [-0.1, -0.05) is 12.1 Å². The van der Waals surface area contributed by atoms with Crippen molar-refractivity contribution in [3.05, 3.63) is 36.0 Å². The Morgan fingerprint density at radius 2 is 1.94 bits per heavy atom. The molecule has 0 radical (unpaired) electrons. The highest BCUT2D eigenvalue weighted by atomic mass is 15.0. The second-order valence-electron chi connectivity index (χ2n) is 6.05. The van der Waals surface area contributed by atoms with Gasteiger partial charge in [0.15, 0.2) is 0 Å². The molecule has 1 N–H and O–H groups in total. The normalized spacial score (nSPS) is 12.2. The number of hydrogen-bond acceptors (Lipinski definition) is 1. The van der Waals surface area contributed by atoms with Gasteiger partial charge in [-0.3, -0.25) is 0 Å². The summed E-state index contributed by atoms with van der Waals surface area (Å²) in [6.45, 7) is 10.9.